The third-order valence-electron chi connectivity index (χ3n) is 6.39. The number of nitrogens with two attached hydrogens (primary N) is 1. The maximum Gasteiger partial charge on any atom is 0.472 e. The van der Waals surface area contributed by atoms with Gasteiger partial charge in [-0.05, 0) is 12.8 Å². The summed E-state index contributed by atoms with van der Waals surface area (Å²) in [7, 11) is -4.58. The topological polar surface area (TPSA) is 155 Å². The largest absolute Gasteiger partial charge is 0.480 e. The van der Waals surface area contributed by atoms with Crippen molar-refractivity contribution < 1.29 is 42.7 Å². The number of esters is 1. The fourth-order valence-electron chi connectivity index (χ4n) is 3.95. The molecule has 0 fully saturated rings. The van der Waals surface area contributed by atoms with Crippen molar-refractivity contribution in [3.63, 3.8) is 0 Å². The second-order valence-corrected chi connectivity index (χ2v) is 11.7. The number of aliphatic carboxylic acids is 1. The summed E-state index contributed by atoms with van der Waals surface area (Å²) in [6.07, 6.45) is 18.9. The molecular formula is C28H56NO9P. The number of carboxylic acid groups (broad SMARTS) is 1. The Morgan fingerprint density at radius 3 is 1.69 bits per heavy atom. The standard InChI is InChI=1S/C28H56NO9P/c1-3-5-7-9-11-13-15-17-19-21-35-22-25(23-36-39(33,34)37-24-26(29)28(31)32)38-27(30)20-18-16-14-12-10-8-6-4-2/h25-26H,3-24,29H2,1-2H3,(H,31,32)(H,33,34). The first-order valence-electron chi connectivity index (χ1n) is 15.1. The average molecular weight is 582 g/mol. The second-order valence-electron chi connectivity index (χ2n) is 10.2. The van der Waals surface area contributed by atoms with Crippen molar-refractivity contribution in [2.75, 3.05) is 26.4 Å². The van der Waals surface area contributed by atoms with Crippen LogP contribution in [0.25, 0.3) is 0 Å². The molecule has 0 aliphatic carbocycles. The first-order chi connectivity index (χ1) is 18.7. The van der Waals surface area contributed by atoms with Gasteiger partial charge in [0.05, 0.1) is 19.8 Å². The Labute approximate surface area is 236 Å². The van der Waals surface area contributed by atoms with Crippen LogP contribution < -0.4 is 5.73 Å². The minimum absolute atomic E-state index is 0.0226. The van der Waals surface area contributed by atoms with Gasteiger partial charge in [-0.15, -0.1) is 0 Å². The monoisotopic (exact) mass is 581 g/mol. The van der Waals surface area contributed by atoms with Gasteiger partial charge >= 0.3 is 19.8 Å². The van der Waals surface area contributed by atoms with Crippen LogP contribution in [0.3, 0.4) is 0 Å². The van der Waals surface area contributed by atoms with Crippen molar-refractivity contribution in [3.8, 4) is 0 Å². The van der Waals surface area contributed by atoms with Gasteiger partial charge in [0.1, 0.15) is 12.1 Å². The van der Waals surface area contributed by atoms with E-state index in [4.69, 9.17) is 24.8 Å². The lowest BCUT2D eigenvalue weighted by molar-refractivity contribution is -0.154. The van der Waals surface area contributed by atoms with E-state index in [9.17, 15) is 19.0 Å². The summed E-state index contributed by atoms with van der Waals surface area (Å²) in [6, 6.07) is -1.46. The highest BCUT2D eigenvalue weighted by atomic mass is 31.2. The van der Waals surface area contributed by atoms with Crippen molar-refractivity contribution in [2.24, 2.45) is 5.73 Å². The van der Waals surface area contributed by atoms with E-state index in [1.54, 1.807) is 0 Å². The van der Waals surface area contributed by atoms with Crippen molar-refractivity contribution in [1.29, 1.82) is 0 Å². The molecule has 3 unspecified atom stereocenters. The van der Waals surface area contributed by atoms with Gasteiger partial charge in [-0.2, -0.15) is 0 Å². The van der Waals surface area contributed by atoms with Crippen LogP contribution >= 0.6 is 7.82 Å². The summed E-state index contributed by atoms with van der Waals surface area (Å²) in [5.41, 5.74) is 5.29. The van der Waals surface area contributed by atoms with Gasteiger partial charge in [-0.25, -0.2) is 4.57 Å². The molecule has 0 saturated carbocycles. The predicted octanol–water partition coefficient (Wildman–Crippen LogP) is 6.52. The number of ether oxygens (including phenoxy) is 2. The summed E-state index contributed by atoms with van der Waals surface area (Å²) in [6.45, 7) is 3.80. The molecule has 0 aliphatic rings. The fourth-order valence-corrected chi connectivity index (χ4v) is 4.73. The number of carboxylic acids is 1. The number of phosphoric ester groups is 1. The Hall–Kier alpha value is -1.03. The van der Waals surface area contributed by atoms with E-state index in [1.807, 2.05) is 0 Å². The lowest BCUT2D eigenvalue weighted by atomic mass is 10.1. The molecule has 10 nitrogen and oxygen atoms in total. The minimum atomic E-state index is -4.58. The van der Waals surface area contributed by atoms with Gasteiger partial charge in [0, 0.05) is 13.0 Å². The fraction of sp³-hybridized carbons (Fsp3) is 0.929. The lowest BCUT2D eigenvalue weighted by Crippen LogP contribution is -2.34. The van der Waals surface area contributed by atoms with E-state index in [1.165, 1.54) is 64.2 Å². The van der Waals surface area contributed by atoms with Gasteiger partial charge in [-0.1, -0.05) is 110 Å². The number of rotatable bonds is 29. The highest BCUT2D eigenvalue weighted by Gasteiger charge is 2.27. The van der Waals surface area contributed by atoms with E-state index in [2.05, 4.69) is 18.4 Å². The van der Waals surface area contributed by atoms with E-state index in [-0.39, 0.29) is 13.0 Å². The quantitative estimate of drug-likeness (QED) is 0.0505. The van der Waals surface area contributed by atoms with Crippen molar-refractivity contribution in [1.82, 2.24) is 0 Å². The van der Waals surface area contributed by atoms with Crippen molar-refractivity contribution in [3.05, 3.63) is 0 Å². The highest BCUT2D eigenvalue weighted by molar-refractivity contribution is 7.47. The second kappa shape index (κ2) is 25.9. The number of hydrogen-bond acceptors (Lipinski definition) is 8. The molecule has 11 heteroatoms. The summed E-state index contributed by atoms with van der Waals surface area (Å²) in [5, 5.41) is 8.79. The normalized spacial score (nSPS) is 14.6. The third-order valence-corrected chi connectivity index (χ3v) is 7.34. The van der Waals surface area contributed by atoms with Gasteiger partial charge in [0.2, 0.25) is 0 Å². The molecule has 3 atom stereocenters. The Balaban J connectivity index is 4.41. The third kappa shape index (κ3) is 25.7. The first-order valence-corrected chi connectivity index (χ1v) is 16.6. The van der Waals surface area contributed by atoms with E-state index in [0.29, 0.717) is 13.0 Å². The number of hydrogen-bond donors (Lipinski definition) is 3. The van der Waals surface area contributed by atoms with Crippen LogP contribution in [0.1, 0.15) is 129 Å². The number of phosphoric acid groups is 1. The Bertz CT molecular complexity index is 651. The minimum Gasteiger partial charge on any atom is -0.480 e. The van der Waals surface area contributed by atoms with Crippen LogP contribution in [0.2, 0.25) is 0 Å². The molecule has 0 rings (SSSR count). The average Bonchev–Trinajstić information content (AvgIpc) is 2.90. The van der Waals surface area contributed by atoms with Gasteiger partial charge in [-0.3, -0.25) is 18.6 Å². The SMILES string of the molecule is CCCCCCCCCCCOCC(COP(=O)(O)OCC(N)C(=O)O)OC(=O)CCCCCCCCCC. The molecular weight excluding hydrogens is 525 g/mol. The number of unbranched alkanes of at least 4 members (excludes halogenated alkanes) is 15. The molecule has 0 radical (unpaired) electrons. The molecule has 0 saturated heterocycles. The van der Waals surface area contributed by atoms with Crippen LogP contribution in [-0.4, -0.2) is 60.5 Å². The maximum absolute atomic E-state index is 12.4. The molecule has 4 N–H and O–H groups in total. The zero-order valence-corrected chi connectivity index (χ0v) is 25.4. The molecule has 0 bridgehead atoms. The Kier molecular flexibility index (Phi) is 25.2. The smallest absolute Gasteiger partial charge is 0.472 e. The van der Waals surface area contributed by atoms with Gasteiger partial charge < -0.3 is 25.2 Å². The van der Waals surface area contributed by atoms with E-state index in [0.717, 1.165) is 38.5 Å². The lowest BCUT2D eigenvalue weighted by Gasteiger charge is -2.20. The molecule has 0 aromatic rings. The Morgan fingerprint density at radius 1 is 0.718 bits per heavy atom. The van der Waals surface area contributed by atoms with E-state index >= 15 is 0 Å². The molecule has 232 valence electrons. The van der Waals surface area contributed by atoms with Crippen LogP contribution in [0.15, 0.2) is 0 Å². The van der Waals surface area contributed by atoms with Crippen LogP contribution in [0, 0.1) is 0 Å². The molecule has 0 heterocycles. The number of carbonyl (C=O) groups is 2. The zero-order valence-electron chi connectivity index (χ0n) is 24.5. The zero-order chi connectivity index (χ0) is 29.2. The van der Waals surface area contributed by atoms with E-state index < -0.39 is 45.1 Å². The summed E-state index contributed by atoms with van der Waals surface area (Å²) < 4.78 is 32.8. The molecule has 0 spiro atoms. The summed E-state index contributed by atoms with van der Waals surface area (Å²) >= 11 is 0. The van der Waals surface area contributed by atoms with Crippen LogP contribution in [-0.2, 0) is 32.7 Å². The molecule has 39 heavy (non-hydrogen) atoms. The molecule has 0 aromatic carbocycles. The molecule has 0 aliphatic heterocycles. The Morgan fingerprint density at radius 2 is 1.18 bits per heavy atom. The van der Waals surface area contributed by atoms with Crippen molar-refractivity contribution >= 4 is 19.8 Å². The van der Waals surface area contributed by atoms with Gasteiger partial charge in [0.15, 0.2) is 0 Å². The first kappa shape index (κ1) is 38.0. The number of carbonyl (C=O) groups excluding carboxylic acids is 1. The van der Waals surface area contributed by atoms with Gasteiger partial charge in [0.25, 0.3) is 0 Å². The van der Waals surface area contributed by atoms with Crippen molar-refractivity contribution in [2.45, 2.75) is 142 Å². The maximum atomic E-state index is 12.4. The van der Waals surface area contributed by atoms with Crippen LogP contribution in [0.4, 0.5) is 0 Å². The highest BCUT2D eigenvalue weighted by Crippen LogP contribution is 2.43. The predicted molar refractivity (Wildman–Crippen MR) is 152 cm³/mol. The summed E-state index contributed by atoms with van der Waals surface area (Å²) in [5.74, 6) is -1.78. The molecule has 0 aromatic heterocycles. The van der Waals surface area contributed by atoms with Crippen LogP contribution in [0.5, 0.6) is 0 Å². The molecule has 0 amide bonds. The summed E-state index contributed by atoms with van der Waals surface area (Å²) in [4.78, 5) is 33.0.